The third-order valence-electron chi connectivity index (χ3n) is 8.40. The van der Waals surface area contributed by atoms with Crippen LogP contribution in [0.4, 0.5) is 24.5 Å². The molecular formula is C32H39F3N4O4S. The van der Waals surface area contributed by atoms with Crippen LogP contribution in [0.2, 0.25) is 0 Å². The van der Waals surface area contributed by atoms with Crippen LogP contribution in [0.3, 0.4) is 0 Å². The fourth-order valence-electron chi connectivity index (χ4n) is 6.06. The summed E-state index contributed by atoms with van der Waals surface area (Å²) in [7, 11) is -1.97. The highest BCUT2D eigenvalue weighted by Gasteiger charge is 2.31. The lowest BCUT2D eigenvalue weighted by Gasteiger charge is -2.39. The standard InChI is InChI=1S/C32H39F3N4O4S/c1-3-44(40,41)26-13-14-29(31(21-26)42-2)36-15-5-6-25-20-27-28(7-4-8-30(27)39(25)22-32(33,34)35)37-23-9-11-24(12-10-23)38-16-18-43-19-17-38/h4,7-8,13-14,20-21,23-24,36-37H,3,9-12,15-19,22H2,1-2H3/t23-,24+. The van der Waals surface area contributed by atoms with Gasteiger partial charge in [0.25, 0.3) is 0 Å². The van der Waals surface area contributed by atoms with Crippen molar-refractivity contribution in [3.8, 4) is 17.6 Å². The number of hydrogen-bond acceptors (Lipinski definition) is 7. The molecule has 238 valence electrons. The molecule has 2 fully saturated rings. The monoisotopic (exact) mass is 632 g/mol. The molecule has 0 bridgehead atoms. The molecule has 3 aromatic rings. The summed E-state index contributed by atoms with van der Waals surface area (Å²) in [6.07, 6.45) is -0.276. The van der Waals surface area contributed by atoms with Crippen molar-refractivity contribution in [2.75, 3.05) is 56.3 Å². The van der Waals surface area contributed by atoms with Crippen molar-refractivity contribution in [2.45, 2.75) is 62.3 Å². The number of halogens is 3. The maximum Gasteiger partial charge on any atom is 0.406 e. The van der Waals surface area contributed by atoms with E-state index in [-0.39, 0.29) is 28.9 Å². The minimum absolute atomic E-state index is 0.0341. The van der Waals surface area contributed by atoms with E-state index in [0.29, 0.717) is 28.4 Å². The van der Waals surface area contributed by atoms with Gasteiger partial charge in [0.15, 0.2) is 9.84 Å². The molecule has 1 aromatic heterocycles. The fraction of sp³-hybridized carbons (Fsp3) is 0.500. The predicted octanol–water partition coefficient (Wildman–Crippen LogP) is 5.52. The van der Waals surface area contributed by atoms with Crippen LogP contribution < -0.4 is 15.4 Å². The van der Waals surface area contributed by atoms with Crippen molar-refractivity contribution >= 4 is 32.1 Å². The van der Waals surface area contributed by atoms with Crippen LogP contribution in [0.5, 0.6) is 5.75 Å². The Balaban J connectivity index is 1.32. The van der Waals surface area contributed by atoms with Gasteiger partial charge in [-0.2, -0.15) is 13.2 Å². The summed E-state index contributed by atoms with van der Waals surface area (Å²) in [6.45, 7) is 4.03. The van der Waals surface area contributed by atoms with Crippen molar-refractivity contribution in [3.05, 3.63) is 48.2 Å². The molecule has 8 nitrogen and oxygen atoms in total. The zero-order valence-corrected chi connectivity index (χ0v) is 25.9. The van der Waals surface area contributed by atoms with Crippen LogP contribution in [0.15, 0.2) is 47.4 Å². The first kappa shape index (κ1) is 32.0. The third kappa shape index (κ3) is 7.62. The quantitative estimate of drug-likeness (QED) is 0.301. The molecule has 2 aliphatic rings. The van der Waals surface area contributed by atoms with Crippen molar-refractivity contribution in [3.63, 3.8) is 0 Å². The number of fused-ring (bicyclic) bond motifs is 1. The molecule has 5 rings (SSSR count). The van der Waals surface area contributed by atoms with Gasteiger partial charge in [0.1, 0.15) is 12.3 Å². The maximum atomic E-state index is 13.7. The number of rotatable bonds is 9. The van der Waals surface area contributed by atoms with Gasteiger partial charge >= 0.3 is 6.18 Å². The van der Waals surface area contributed by atoms with E-state index in [2.05, 4.69) is 27.4 Å². The van der Waals surface area contributed by atoms with Crippen LogP contribution >= 0.6 is 0 Å². The molecule has 0 radical (unpaired) electrons. The average molecular weight is 633 g/mol. The number of sulfone groups is 1. The summed E-state index contributed by atoms with van der Waals surface area (Å²) in [6, 6.07) is 12.4. The highest BCUT2D eigenvalue weighted by molar-refractivity contribution is 7.91. The number of hydrogen-bond donors (Lipinski definition) is 2. The van der Waals surface area contributed by atoms with Gasteiger partial charge in [-0.25, -0.2) is 8.42 Å². The summed E-state index contributed by atoms with van der Waals surface area (Å²) in [5.41, 5.74) is 2.08. The van der Waals surface area contributed by atoms with Crippen LogP contribution in [0.25, 0.3) is 10.9 Å². The number of benzene rings is 2. The second kappa shape index (κ2) is 13.7. The Morgan fingerprint density at radius 2 is 1.80 bits per heavy atom. The van der Waals surface area contributed by atoms with E-state index in [0.717, 1.165) is 57.7 Å². The van der Waals surface area contributed by atoms with E-state index in [4.69, 9.17) is 9.47 Å². The molecule has 2 N–H and O–H groups in total. The zero-order chi connectivity index (χ0) is 31.3. The number of anilines is 2. The van der Waals surface area contributed by atoms with Crippen molar-refractivity contribution in [1.29, 1.82) is 0 Å². The lowest BCUT2D eigenvalue weighted by Crippen LogP contribution is -2.46. The van der Waals surface area contributed by atoms with E-state index in [9.17, 15) is 21.6 Å². The Bertz CT molecular complexity index is 1610. The Morgan fingerprint density at radius 3 is 2.48 bits per heavy atom. The van der Waals surface area contributed by atoms with Gasteiger partial charge in [0.05, 0.1) is 54.4 Å². The first-order chi connectivity index (χ1) is 21.1. The summed E-state index contributed by atoms with van der Waals surface area (Å²) in [5, 5.41) is 7.40. The smallest absolute Gasteiger partial charge is 0.406 e. The van der Waals surface area contributed by atoms with E-state index in [1.165, 1.54) is 23.8 Å². The Morgan fingerprint density at radius 1 is 1.05 bits per heavy atom. The summed E-state index contributed by atoms with van der Waals surface area (Å²) >= 11 is 0. The molecule has 2 aromatic carbocycles. The van der Waals surface area contributed by atoms with Crippen molar-refractivity contribution in [1.82, 2.24) is 9.47 Å². The number of aromatic nitrogens is 1. The van der Waals surface area contributed by atoms with Gasteiger partial charge in [-0.1, -0.05) is 18.9 Å². The number of methoxy groups -OCH3 is 1. The molecule has 1 aliphatic heterocycles. The van der Waals surface area contributed by atoms with Gasteiger partial charge in [0, 0.05) is 42.3 Å². The summed E-state index contributed by atoms with van der Waals surface area (Å²) in [4.78, 5) is 2.67. The van der Waals surface area contributed by atoms with Crippen LogP contribution in [-0.2, 0) is 21.1 Å². The molecule has 44 heavy (non-hydrogen) atoms. The maximum absolute atomic E-state index is 13.7. The highest BCUT2D eigenvalue weighted by atomic mass is 32.2. The number of nitrogens with zero attached hydrogens (tertiary/aromatic N) is 2. The fourth-order valence-corrected chi connectivity index (χ4v) is 6.96. The van der Waals surface area contributed by atoms with Crippen LogP contribution in [0.1, 0.15) is 38.3 Å². The summed E-state index contributed by atoms with van der Waals surface area (Å²) in [5.74, 6) is 6.15. The normalized spacial score (nSPS) is 19.8. The van der Waals surface area contributed by atoms with E-state index in [1.54, 1.807) is 31.2 Å². The molecule has 0 spiro atoms. The van der Waals surface area contributed by atoms with Gasteiger partial charge in [-0.05, 0) is 61.9 Å². The molecule has 0 atom stereocenters. The third-order valence-corrected chi connectivity index (χ3v) is 10.1. The molecular weight excluding hydrogens is 593 g/mol. The number of nitrogens with one attached hydrogen (secondary N) is 2. The van der Waals surface area contributed by atoms with Gasteiger partial charge < -0.3 is 24.7 Å². The molecule has 0 amide bonds. The molecule has 12 heteroatoms. The van der Waals surface area contributed by atoms with Crippen molar-refractivity contribution < 1.29 is 31.1 Å². The molecule has 1 aliphatic carbocycles. The lowest BCUT2D eigenvalue weighted by atomic mass is 9.89. The second-order valence-corrected chi connectivity index (χ2v) is 13.5. The Hall–Kier alpha value is -3.40. The Labute approximate surface area is 256 Å². The topological polar surface area (TPSA) is 84.8 Å². The van der Waals surface area contributed by atoms with E-state index in [1.807, 2.05) is 6.07 Å². The first-order valence-corrected chi connectivity index (χ1v) is 16.6. The van der Waals surface area contributed by atoms with Crippen LogP contribution in [-0.4, -0.2) is 81.9 Å². The molecule has 0 unspecified atom stereocenters. The molecule has 1 saturated carbocycles. The lowest BCUT2D eigenvalue weighted by molar-refractivity contribution is -0.140. The molecule has 1 saturated heterocycles. The largest absolute Gasteiger partial charge is 0.495 e. The average Bonchev–Trinajstić information content (AvgIpc) is 3.36. The van der Waals surface area contributed by atoms with E-state index < -0.39 is 22.6 Å². The van der Waals surface area contributed by atoms with Gasteiger partial charge in [-0.15, -0.1) is 0 Å². The Kier molecular flexibility index (Phi) is 9.97. The minimum atomic E-state index is -4.42. The SMILES string of the molecule is CCS(=O)(=O)c1ccc(NCC#Cc2cc3c(N[C@H]4CC[C@@H](N5CCOCC5)CC4)cccc3n2CC(F)(F)F)c(OC)c1. The zero-order valence-electron chi connectivity index (χ0n) is 25.0. The number of morpholine rings is 1. The predicted molar refractivity (Wildman–Crippen MR) is 166 cm³/mol. The number of alkyl halides is 3. The van der Waals surface area contributed by atoms with Gasteiger partial charge in [-0.3, -0.25) is 4.90 Å². The first-order valence-electron chi connectivity index (χ1n) is 15.0. The van der Waals surface area contributed by atoms with Crippen LogP contribution in [0, 0.1) is 11.8 Å². The van der Waals surface area contributed by atoms with E-state index >= 15 is 0 Å². The second-order valence-electron chi connectivity index (χ2n) is 11.2. The van der Waals surface area contributed by atoms with Gasteiger partial charge in [0.2, 0.25) is 0 Å². The molecule has 2 heterocycles. The number of ether oxygens (including phenoxy) is 2. The van der Waals surface area contributed by atoms with Crippen molar-refractivity contribution in [2.24, 2.45) is 0 Å². The summed E-state index contributed by atoms with van der Waals surface area (Å²) < 4.78 is 77.5. The minimum Gasteiger partial charge on any atom is -0.495 e. The highest BCUT2D eigenvalue weighted by Crippen LogP contribution is 2.33.